The molecule has 0 aliphatic carbocycles. The average molecular weight is 403 g/mol. The Balaban J connectivity index is 1.35. The maximum absolute atomic E-state index is 12.7. The lowest BCUT2D eigenvalue weighted by atomic mass is 10.0. The van der Waals surface area contributed by atoms with Gasteiger partial charge in [-0.25, -0.2) is 0 Å². The number of amides is 2. The lowest BCUT2D eigenvalue weighted by Crippen LogP contribution is -2.45. The van der Waals surface area contributed by atoms with E-state index in [-0.39, 0.29) is 17.9 Å². The standard InChI is InChI=1S/C24H25N3O3/c28-23(18-7-2-1-3-8-18)26-19-12-14-27(15-13-19)22-11-5-4-10-21(22)24(29)25-17-20-9-6-16-30-20/h1-11,16,19H,12-15,17H2,(H,25,29)(H,26,28). The molecule has 154 valence electrons. The number of nitrogens with one attached hydrogen (secondary N) is 2. The van der Waals surface area contributed by atoms with Gasteiger partial charge < -0.3 is 20.0 Å². The first-order valence-corrected chi connectivity index (χ1v) is 10.2. The summed E-state index contributed by atoms with van der Waals surface area (Å²) in [6.07, 6.45) is 3.26. The number of rotatable bonds is 6. The summed E-state index contributed by atoms with van der Waals surface area (Å²) in [4.78, 5) is 27.3. The van der Waals surface area contributed by atoms with Crippen LogP contribution in [-0.4, -0.2) is 30.9 Å². The van der Waals surface area contributed by atoms with Crippen LogP contribution < -0.4 is 15.5 Å². The molecule has 2 amide bonds. The number of para-hydroxylation sites is 1. The summed E-state index contributed by atoms with van der Waals surface area (Å²) in [6.45, 7) is 1.91. The van der Waals surface area contributed by atoms with E-state index < -0.39 is 0 Å². The highest BCUT2D eigenvalue weighted by Gasteiger charge is 2.24. The molecule has 6 nitrogen and oxygen atoms in total. The Morgan fingerprint density at radius 2 is 1.63 bits per heavy atom. The second kappa shape index (κ2) is 9.31. The molecule has 2 aromatic carbocycles. The van der Waals surface area contributed by atoms with Gasteiger partial charge in [-0.1, -0.05) is 30.3 Å². The van der Waals surface area contributed by atoms with Crippen LogP contribution in [0.3, 0.4) is 0 Å². The van der Waals surface area contributed by atoms with Crippen LogP contribution in [0.25, 0.3) is 0 Å². The maximum atomic E-state index is 12.7. The van der Waals surface area contributed by atoms with Crippen molar-refractivity contribution in [3.05, 3.63) is 89.9 Å². The van der Waals surface area contributed by atoms with Crippen molar-refractivity contribution in [1.82, 2.24) is 10.6 Å². The highest BCUT2D eigenvalue weighted by Crippen LogP contribution is 2.24. The summed E-state index contributed by atoms with van der Waals surface area (Å²) in [7, 11) is 0. The molecule has 30 heavy (non-hydrogen) atoms. The minimum absolute atomic E-state index is 0.0354. The van der Waals surface area contributed by atoms with Gasteiger partial charge >= 0.3 is 0 Å². The van der Waals surface area contributed by atoms with Gasteiger partial charge in [0.25, 0.3) is 11.8 Å². The summed E-state index contributed by atoms with van der Waals surface area (Å²) in [6, 6.07) is 20.7. The molecule has 1 fully saturated rings. The monoisotopic (exact) mass is 403 g/mol. The van der Waals surface area contributed by atoms with Crippen molar-refractivity contribution in [3.8, 4) is 0 Å². The SMILES string of the molecule is O=C(NC1CCN(c2ccccc2C(=O)NCc2ccco2)CC1)c1ccccc1. The summed E-state index contributed by atoms with van der Waals surface area (Å²) >= 11 is 0. The summed E-state index contributed by atoms with van der Waals surface area (Å²) in [5.41, 5.74) is 2.25. The van der Waals surface area contributed by atoms with Crippen molar-refractivity contribution in [3.63, 3.8) is 0 Å². The van der Waals surface area contributed by atoms with E-state index in [0.717, 1.165) is 37.4 Å². The Bertz CT molecular complexity index is 978. The number of carbonyl (C=O) groups excluding carboxylic acids is 2. The van der Waals surface area contributed by atoms with E-state index in [1.807, 2.05) is 60.7 Å². The number of furan rings is 1. The fourth-order valence-corrected chi connectivity index (χ4v) is 3.74. The molecular weight excluding hydrogens is 378 g/mol. The Morgan fingerprint density at radius 3 is 2.37 bits per heavy atom. The van der Waals surface area contributed by atoms with Gasteiger partial charge in [0.05, 0.1) is 18.4 Å². The molecule has 4 rings (SSSR count). The predicted octanol–water partition coefficient (Wildman–Crippen LogP) is 3.61. The summed E-state index contributed by atoms with van der Waals surface area (Å²) in [5, 5.41) is 6.04. The largest absolute Gasteiger partial charge is 0.467 e. The number of benzene rings is 2. The van der Waals surface area contributed by atoms with Gasteiger partial charge in [0.1, 0.15) is 5.76 Å². The van der Waals surface area contributed by atoms with Gasteiger partial charge in [0, 0.05) is 30.4 Å². The van der Waals surface area contributed by atoms with Gasteiger partial charge in [-0.3, -0.25) is 9.59 Å². The second-order valence-electron chi connectivity index (χ2n) is 7.38. The molecular formula is C24H25N3O3. The smallest absolute Gasteiger partial charge is 0.253 e. The van der Waals surface area contributed by atoms with Crippen molar-refractivity contribution in [2.45, 2.75) is 25.4 Å². The first-order valence-electron chi connectivity index (χ1n) is 10.2. The molecule has 0 atom stereocenters. The molecule has 3 aromatic rings. The van der Waals surface area contributed by atoms with Crippen LogP contribution >= 0.6 is 0 Å². The van der Waals surface area contributed by atoms with Crippen LogP contribution in [-0.2, 0) is 6.54 Å². The van der Waals surface area contributed by atoms with E-state index in [2.05, 4.69) is 15.5 Å². The lowest BCUT2D eigenvalue weighted by molar-refractivity contribution is 0.0929. The van der Waals surface area contributed by atoms with Gasteiger partial charge in [-0.15, -0.1) is 0 Å². The maximum Gasteiger partial charge on any atom is 0.253 e. The second-order valence-corrected chi connectivity index (χ2v) is 7.38. The molecule has 0 unspecified atom stereocenters. The summed E-state index contributed by atoms with van der Waals surface area (Å²) < 4.78 is 5.28. The Morgan fingerprint density at radius 1 is 0.900 bits per heavy atom. The first-order chi connectivity index (χ1) is 14.7. The Hall–Kier alpha value is -3.54. The van der Waals surface area contributed by atoms with Gasteiger partial charge in [0.2, 0.25) is 0 Å². The minimum Gasteiger partial charge on any atom is -0.467 e. The van der Waals surface area contributed by atoms with Crippen molar-refractivity contribution in [2.75, 3.05) is 18.0 Å². The van der Waals surface area contributed by atoms with Crippen LogP contribution in [0.2, 0.25) is 0 Å². The highest BCUT2D eigenvalue weighted by molar-refractivity contribution is 5.99. The minimum atomic E-state index is -0.124. The third kappa shape index (κ3) is 4.71. The average Bonchev–Trinajstić information content (AvgIpc) is 3.32. The number of hydrogen-bond donors (Lipinski definition) is 2. The zero-order valence-corrected chi connectivity index (χ0v) is 16.7. The number of carbonyl (C=O) groups is 2. The number of nitrogens with zero attached hydrogens (tertiary/aromatic N) is 1. The third-order valence-electron chi connectivity index (χ3n) is 5.36. The van der Waals surface area contributed by atoms with Crippen molar-refractivity contribution >= 4 is 17.5 Å². The number of hydrogen-bond acceptors (Lipinski definition) is 4. The normalized spacial score (nSPS) is 14.3. The fraction of sp³-hybridized carbons (Fsp3) is 0.250. The lowest BCUT2D eigenvalue weighted by Gasteiger charge is -2.35. The van der Waals surface area contributed by atoms with Crippen LogP contribution in [0.1, 0.15) is 39.3 Å². The van der Waals surface area contributed by atoms with Gasteiger partial charge in [0.15, 0.2) is 0 Å². The number of anilines is 1. The highest BCUT2D eigenvalue weighted by atomic mass is 16.3. The zero-order chi connectivity index (χ0) is 20.8. The van der Waals surface area contributed by atoms with E-state index in [1.165, 1.54) is 0 Å². The Kier molecular flexibility index (Phi) is 6.13. The van der Waals surface area contributed by atoms with E-state index >= 15 is 0 Å². The molecule has 2 N–H and O–H groups in total. The molecule has 1 saturated heterocycles. The topological polar surface area (TPSA) is 74.6 Å². The quantitative estimate of drug-likeness (QED) is 0.659. The molecule has 0 spiro atoms. The number of piperidine rings is 1. The van der Waals surface area contributed by atoms with Crippen LogP contribution in [0.5, 0.6) is 0 Å². The molecule has 1 aliphatic heterocycles. The summed E-state index contributed by atoms with van der Waals surface area (Å²) in [5.74, 6) is 0.559. The van der Waals surface area contributed by atoms with E-state index in [9.17, 15) is 9.59 Å². The molecule has 0 radical (unpaired) electrons. The third-order valence-corrected chi connectivity index (χ3v) is 5.36. The van der Waals surface area contributed by atoms with E-state index in [1.54, 1.807) is 12.3 Å². The van der Waals surface area contributed by atoms with Crippen LogP contribution in [0, 0.1) is 0 Å². The predicted molar refractivity (Wildman–Crippen MR) is 115 cm³/mol. The van der Waals surface area contributed by atoms with E-state index in [4.69, 9.17) is 4.42 Å². The molecule has 1 aliphatic rings. The van der Waals surface area contributed by atoms with Crippen molar-refractivity contribution in [1.29, 1.82) is 0 Å². The first kappa shape index (κ1) is 19.8. The van der Waals surface area contributed by atoms with Crippen LogP contribution in [0.15, 0.2) is 77.4 Å². The van der Waals surface area contributed by atoms with E-state index in [0.29, 0.717) is 17.7 Å². The van der Waals surface area contributed by atoms with Gasteiger partial charge in [-0.2, -0.15) is 0 Å². The zero-order valence-electron chi connectivity index (χ0n) is 16.7. The molecule has 0 bridgehead atoms. The molecule has 0 saturated carbocycles. The van der Waals surface area contributed by atoms with Crippen molar-refractivity contribution < 1.29 is 14.0 Å². The molecule has 6 heteroatoms. The fourth-order valence-electron chi connectivity index (χ4n) is 3.74. The molecule has 2 heterocycles. The van der Waals surface area contributed by atoms with Gasteiger partial charge in [-0.05, 0) is 49.2 Å². The van der Waals surface area contributed by atoms with Crippen LogP contribution in [0.4, 0.5) is 5.69 Å². The van der Waals surface area contributed by atoms with Crippen molar-refractivity contribution in [2.24, 2.45) is 0 Å². The molecule has 1 aromatic heterocycles. The Labute approximate surface area is 175 Å².